The molecule has 1 saturated heterocycles. The summed E-state index contributed by atoms with van der Waals surface area (Å²) in [6, 6.07) is 14.8. The van der Waals surface area contributed by atoms with Crippen molar-refractivity contribution in [2.45, 2.75) is 27.2 Å². The Bertz CT molecular complexity index is 1200. The van der Waals surface area contributed by atoms with Crippen LogP contribution in [0.2, 0.25) is 0 Å². The third kappa shape index (κ3) is 8.80. The number of benzene rings is 2. The Morgan fingerprint density at radius 2 is 1.71 bits per heavy atom. The summed E-state index contributed by atoms with van der Waals surface area (Å²) in [5.74, 6) is 1.88. The summed E-state index contributed by atoms with van der Waals surface area (Å²) in [6.45, 7) is 15.8. The molecule has 0 spiro atoms. The highest BCUT2D eigenvalue weighted by Crippen LogP contribution is 2.14. The largest absolute Gasteiger partial charge is 0.497 e. The predicted octanol–water partition coefficient (Wildman–Crippen LogP) is 5.26. The predicted molar refractivity (Wildman–Crippen MR) is 154 cm³/mol. The van der Waals surface area contributed by atoms with Crippen molar-refractivity contribution < 1.29 is 13.9 Å². The molecule has 2 aromatic rings. The second-order valence-electron chi connectivity index (χ2n) is 8.63. The summed E-state index contributed by atoms with van der Waals surface area (Å²) in [5, 5.41) is 0. The summed E-state index contributed by atoms with van der Waals surface area (Å²) in [7, 11) is 3.26. The zero-order valence-electron chi connectivity index (χ0n) is 23.1. The van der Waals surface area contributed by atoms with Crippen LogP contribution in [0.1, 0.15) is 37.0 Å². The third-order valence-electron chi connectivity index (χ3n) is 6.07. The van der Waals surface area contributed by atoms with Gasteiger partial charge in [-0.05, 0) is 49.9 Å². The summed E-state index contributed by atoms with van der Waals surface area (Å²) >= 11 is 0. The Kier molecular flexibility index (Phi) is 12.1. The van der Waals surface area contributed by atoms with Crippen LogP contribution in [0.3, 0.4) is 0 Å². The van der Waals surface area contributed by atoms with Crippen molar-refractivity contribution in [1.29, 1.82) is 0 Å². The number of methoxy groups -OCH3 is 1. The molecule has 0 aliphatic carbocycles. The van der Waals surface area contributed by atoms with Crippen LogP contribution < -0.4 is 0 Å². The summed E-state index contributed by atoms with van der Waals surface area (Å²) in [4.78, 5) is 28.3. The van der Waals surface area contributed by atoms with Gasteiger partial charge in [-0.15, -0.1) is 0 Å². The maximum absolute atomic E-state index is 13.3. The van der Waals surface area contributed by atoms with Gasteiger partial charge in [-0.25, -0.2) is 14.4 Å². The molecule has 0 N–H and O–H groups in total. The highest BCUT2D eigenvalue weighted by atomic mass is 19.1. The summed E-state index contributed by atoms with van der Waals surface area (Å²) < 4.78 is 18.3. The van der Waals surface area contributed by atoms with Crippen molar-refractivity contribution >= 4 is 24.2 Å². The Labute approximate surface area is 225 Å². The van der Waals surface area contributed by atoms with Gasteiger partial charge < -0.3 is 14.5 Å². The van der Waals surface area contributed by atoms with Gasteiger partial charge in [0.1, 0.15) is 17.4 Å². The zero-order chi connectivity index (χ0) is 28.1. The number of halogens is 1. The van der Waals surface area contributed by atoms with E-state index in [1.165, 1.54) is 6.07 Å². The number of carbonyl (C=O) groups is 1. The number of carbonyl (C=O) groups excluding carboxylic acids is 1. The number of allylic oxidation sites excluding steroid dienone is 1. The summed E-state index contributed by atoms with van der Waals surface area (Å²) in [6.07, 6.45) is 2.31. The number of aliphatic imine (C=N–C) groups is 3. The number of amides is 1. The van der Waals surface area contributed by atoms with Crippen LogP contribution in [0.4, 0.5) is 4.39 Å². The quantitative estimate of drug-likeness (QED) is 0.217. The maximum Gasteiger partial charge on any atom is 0.222 e. The minimum Gasteiger partial charge on any atom is -0.497 e. The maximum atomic E-state index is 13.3. The highest BCUT2D eigenvalue weighted by molar-refractivity contribution is 6.11. The van der Waals surface area contributed by atoms with Crippen molar-refractivity contribution in [3.8, 4) is 0 Å². The molecule has 0 radical (unpaired) electrons. The molecular formula is C30H38FN5O2. The molecule has 0 saturated carbocycles. The fourth-order valence-electron chi connectivity index (χ4n) is 3.78. The average Bonchev–Trinajstić information content (AvgIpc) is 2.96. The Hall–Kier alpha value is -4.07. The Balaban J connectivity index is 0.000000269. The van der Waals surface area contributed by atoms with E-state index in [9.17, 15) is 9.18 Å². The minimum absolute atomic E-state index is 0.202. The molecule has 1 amide bonds. The van der Waals surface area contributed by atoms with Gasteiger partial charge in [0.25, 0.3) is 0 Å². The smallest absolute Gasteiger partial charge is 0.222 e. The fourth-order valence-corrected chi connectivity index (χ4v) is 3.78. The second-order valence-corrected chi connectivity index (χ2v) is 8.63. The zero-order valence-corrected chi connectivity index (χ0v) is 23.1. The molecule has 1 aliphatic heterocycles. The molecule has 0 unspecified atom stereocenters. The van der Waals surface area contributed by atoms with Gasteiger partial charge >= 0.3 is 0 Å². The number of nitrogens with zero attached hydrogens (tertiary/aromatic N) is 5. The lowest BCUT2D eigenvalue weighted by atomic mass is 10.1. The number of hydrogen-bond donors (Lipinski definition) is 0. The Morgan fingerprint density at radius 3 is 2.24 bits per heavy atom. The second kappa shape index (κ2) is 15.2. The van der Waals surface area contributed by atoms with E-state index < -0.39 is 0 Å². The standard InChI is InChI=1S/C17H17FN2.C13H21N3O2/c1-12-11-15(9-10-16(12)18)17(19-3)20-13(2)14-7-5-4-6-8-14;1-5-13(17)16-8-6-15(7-9-16)12(14-3)10-11(2)18-4/h4-11H,1-3H3;10H,2-3,5-9H2,1,4H3/b;12-10+. The van der Waals surface area contributed by atoms with E-state index in [1.54, 1.807) is 39.3 Å². The number of piperazine rings is 1. The number of aryl methyl sites for hydroxylation is 1. The minimum atomic E-state index is -0.215. The first kappa shape index (κ1) is 30.2. The van der Waals surface area contributed by atoms with Crippen molar-refractivity contribution in [1.82, 2.24) is 9.80 Å². The van der Waals surface area contributed by atoms with Crippen molar-refractivity contribution in [3.05, 3.63) is 95.3 Å². The molecule has 1 aliphatic rings. The molecule has 202 valence electrons. The van der Waals surface area contributed by atoms with Gasteiger partial charge in [-0.2, -0.15) is 0 Å². The van der Waals surface area contributed by atoms with Gasteiger partial charge in [0.05, 0.1) is 7.11 Å². The third-order valence-corrected chi connectivity index (χ3v) is 6.07. The molecule has 0 bridgehead atoms. The van der Waals surface area contributed by atoms with E-state index in [4.69, 9.17) is 4.74 Å². The Morgan fingerprint density at radius 1 is 1.08 bits per heavy atom. The monoisotopic (exact) mass is 519 g/mol. The van der Waals surface area contributed by atoms with E-state index in [1.807, 2.05) is 49.1 Å². The first-order valence-corrected chi connectivity index (χ1v) is 12.5. The van der Waals surface area contributed by atoms with Gasteiger partial charge in [0.15, 0.2) is 5.84 Å². The molecule has 1 heterocycles. The lowest BCUT2D eigenvalue weighted by molar-refractivity contribution is -0.132. The number of amidine groups is 1. The first-order chi connectivity index (χ1) is 18.2. The molecule has 3 rings (SSSR count). The normalized spacial score (nSPS) is 14.4. The number of ether oxygens (including phenoxy) is 1. The van der Waals surface area contributed by atoms with Crippen molar-refractivity contribution in [3.63, 3.8) is 0 Å². The SMILES string of the molecule is C=N/C(=C\C(=C)OC)N1CCN(C(=O)CC)CC1.CN=C(N=C(C)c1ccccc1)c1ccc(F)c(C)c1. The molecule has 0 aromatic heterocycles. The molecule has 8 heteroatoms. The van der Waals surface area contributed by atoms with E-state index in [0.29, 0.717) is 23.6 Å². The van der Waals surface area contributed by atoms with E-state index >= 15 is 0 Å². The van der Waals surface area contributed by atoms with Gasteiger partial charge in [0.2, 0.25) is 5.91 Å². The molecule has 2 aromatic carbocycles. The van der Waals surface area contributed by atoms with Gasteiger partial charge in [0, 0.05) is 57.0 Å². The lowest BCUT2D eigenvalue weighted by Gasteiger charge is -2.35. The fraction of sp³-hybridized carbons (Fsp3) is 0.333. The van der Waals surface area contributed by atoms with Crippen LogP contribution in [-0.2, 0) is 9.53 Å². The van der Waals surface area contributed by atoms with E-state index in [2.05, 4.69) is 33.2 Å². The molecule has 1 fully saturated rings. The van der Waals surface area contributed by atoms with Crippen LogP contribution in [-0.4, -0.2) is 74.3 Å². The van der Waals surface area contributed by atoms with Crippen molar-refractivity contribution in [2.75, 3.05) is 40.3 Å². The van der Waals surface area contributed by atoms with Crippen LogP contribution in [0.15, 0.2) is 87.7 Å². The molecule has 0 atom stereocenters. The van der Waals surface area contributed by atoms with Crippen LogP contribution in [0.25, 0.3) is 0 Å². The van der Waals surface area contributed by atoms with Gasteiger partial charge in [-0.3, -0.25) is 9.79 Å². The topological polar surface area (TPSA) is 69.9 Å². The number of rotatable bonds is 7. The van der Waals surface area contributed by atoms with Gasteiger partial charge in [-0.1, -0.05) is 43.8 Å². The van der Waals surface area contributed by atoms with Crippen molar-refractivity contribution in [2.24, 2.45) is 15.0 Å². The van der Waals surface area contributed by atoms with Crippen LogP contribution in [0.5, 0.6) is 0 Å². The lowest BCUT2D eigenvalue weighted by Crippen LogP contribution is -2.47. The summed E-state index contributed by atoms with van der Waals surface area (Å²) in [5.41, 5.74) is 3.35. The first-order valence-electron chi connectivity index (χ1n) is 12.5. The average molecular weight is 520 g/mol. The highest BCUT2D eigenvalue weighted by Gasteiger charge is 2.21. The molecular weight excluding hydrogens is 481 g/mol. The molecule has 38 heavy (non-hydrogen) atoms. The van der Waals surface area contributed by atoms with E-state index in [0.717, 1.165) is 48.8 Å². The van der Waals surface area contributed by atoms with Crippen LogP contribution >= 0.6 is 0 Å². The van der Waals surface area contributed by atoms with Crippen LogP contribution in [0, 0.1) is 12.7 Å². The number of hydrogen-bond acceptors (Lipinski definition) is 5. The molecule has 7 nitrogen and oxygen atoms in total. The van der Waals surface area contributed by atoms with E-state index in [-0.39, 0.29) is 11.7 Å².